The van der Waals surface area contributed by atoms with E-state index in [4.69, 9.17) is 4.42 Å². The van der Waals surface area contributed by atoms with E-state index in [-0.39, 0.29) is 0 Å². The summed E-state index contributed by atoms with van der Waals surface area (Å²) in [7, 11) is 2.18. The van der Waals surface area contributed by atoms with E-state index < -0.39 is 0 Å². The van der Waals surface area contributed by atoms with E-state index in [9.17, 15) is 0 Å². The summed E-state index contributed by atoms with van der Waals surface area (Å²) >= 11 is 0. The fourth-order valence-corrected chi connectivity index (χ4v) is 2.23. The van der Waals surface area contributed by atoms with E-state index in [1.165, 1.54) is 24.8 Å². The van der Waals surface area contributed by atoms with Gasteiger partial charge in [-0.05, 0) is 44.0 Å². The van der Waals surface area contributed by atoms with Crippen molar-refractivity contribution in [1.29, 1.82) is 0 Å². The molecule has 0 atom stereocenters. The monoisotopic (exact) mass is 259 g/mol. The zero-order valence-electron chi connectivity index (χ0n) is 11.4. The smallest absolute Gasteiger partial charge is 0.181 e. The van der Waals surface area contributed by atoms with Crippen molar-refractivity contribution in [3.63, 3.8) is 0 Å². The number of hydrogen-bond acceptors (Lipinski definition) is 4. The molecule has 4 nitrogen and oxygen atoms in total. The van der Waals surface area contributed by atoms with Crippen LogP contribution in [-0.2, 0) is 6.42 Å². The molecule has 1 heterocycles. The van der Waals surface area contributed by atoms with Gasteiger partial charge in [-0.1, -0.05) is 6.07 Å². The number of rotatable bonds is 7. The second-order valence-corrected chi connectivity index (χ2v) is 5.44. The van der Waals surface area contributed by atoms with Crippen LogP contribution in [0.4, 0.5) is 0 Å². The van der Waals surface area contributed by atoms with Gasteiger partial charge in [0.15, 0.2) is 12.0 Å². The topological polar surface area (TPSA) is 41.3 Å². The van der Waals surface area contributed by atoms with E-state index in [0.717, 1.165) is 43.2 Å². The third kappa shape index (κ3) is 3.55. The standard InChI is InChI=1S/C15H21N3O/c1-18(9-7-16-13-3-4-13)8-6-12-2-5-14-15(10-12)19-11-17-14/h2,5,10-11,13,16H,3-4,6-9H2,1H3. The van der Waals surface area contributed by atoms with Gasteiger partial charge < -0.3 is 14.6 Å². The summed E-state index contributed by atoms with van der Waals surface area (Å²) in [5.74, 6) is 0. The molecule has 0 spiro atoms. The lowest BCUT2D eigenvalue weighted by Crippen LogP contribution is -2.31. The summed E-state index contributed by atoms with van der Waals surface area (Å²) in [6.07, 6.45) is 5.28. The van der Waals surface area contributed by atoms with Crippen LogP contribution in [0.15, 0.2) is 29.0 Å². The van der Waals surface area contributed by atoms with Crippen LogP contribution >= 0.6 is 0 Å². The molecular weight excluding hydrogens is 238 g/mol. The molecule has 1 aliphatic carbocycles. The largest absolute Gasteiger partial charge is 0.443 e. The average molecular weight is 259 g/mol. The Balaban J connectivity index is 1.44. The summed E-state index contributed by atoms with van der Waals surface area (Å²) in [4.78, 5) is 6.51. The number of hydrogen-bond donors (Lipinski definition) is 1. The van der Waals surface area contributed by atoms with Crippen LogP contribution in [0.2, 0.25) is 0 Å². The Kier molecular flexibility index (Phi) is 3.80. The van der Waals surface area contributed by atoms with Gasteiger partial charge in [0.2, 0.25) is 0 Å². The predicted molar refractivity (Wildman–Crippen MR) is 76.2 cm³/mol. The van der Waals surface area contributed by atoms with E-state index in [2.05, 4.69) is 34.4 Å². The Hall–Kier alpha value is -1.39. The minimum absolute atomic E-state index is 0.808. The average Bonchev–Trinajstić information content (AvgIpc) is 3.12. The van der Waals surface area contributed by atoms with Crippen LogP contribution in [0, 0.1) is 0 Å². The molecule has 3 rings (SSSR count). The maximum Gasteiger partial charge on any atom is 0.181 e. The second-order valence-electron chi connectivity index (χ2n) is 5.44. The zero-order valence-corrected chi connectivity index (χ0v) is 11.4. The number of benzene rings is 1. The van der Waals surface area contributed by atoms with E-state index in [1.807, 2.05) is 6.07 Å². The molecule has 1 N–H and O–H groups in total. The van der Waals surface area contributed by atoms with Gasteiger partial charge in [0.05, 0.1) is 0 Å². The molecule has 0 unspecified atom stereocenters. The molecule has 0 aliphatic heterocycles. The molecule has 0 bridgehead atoms. The summed E-state index contributed by atoms with van der Waals surface area (Å²) < 4.78 is 5.33. The molecular formula is C15H21N3O. The van der Waals surface area contributed by atoms with Crippen molar-refractivity contribution >= 4 is 11.1 Å². The lowest BCUT2D eigenvalue weighted by Gasteiger charge is -2.16. The van der Waals surface area contributed by atoms with Crippen molar-refractivity contribution in [2.75, 3.05) is 26.7 Å². The Morgan fingerprint density at radius 3 is 3.11 bits per heavy atom. The number of nitrogens with one attached hydrogen (secondary N) is 1. The van der Waals surface area contributed by atoms with Gasteiger partial charge in [-0.3, -0.25) is 0 Å². The Morgan fingerprint density at radius 2 is 2.26 bits per heavy atom. The van der Waals surface area contributed by atoms with Crippen LogP contribution < -0.4 is 5.32 Å². The third-order valence-corrected chi connectivity index (χ3v) is 3.68. The molecule has 0 amide bonds. The van der Waals surface area contributed by atoms with Gasteiger partial charge in [0, 0.05) is 25.7 Å². The van der Waals surface area contributed by atoms with E-state index in [1.54, 1.807) is 0 Å². The fourth-order valence-electron chi connectivity index (χ4n) is 2.23. The quantitative estimate of drug-likeness (QED) is 0.826. The third-order valence-electron chi connectivity index (χ3n) is 3.68. The lowest BCUT2D eigenvalue weighted by atomic mass is 10.1. The molecule has 1 aromatic carbocycles. The molecule has 2 aromatic rings. The minimum Gasteiger partial charge on any atom is -0.443 e. The van der Waals surface area contributed by atoms with Crippen LogP contribution in [-0.4, -0.2) is 42.6 Å². The van der Waals surface area contributed by atoms with Gasteiger partial charge in [-0.25, -0.2) is 4.98 Å². The lowest BCUT2D eigenvalue weighted by molar-refractivity contribution is 0.335. The number of aromatic nitrogens is 1. The molecule has 0 radical (unpaired) electrons. The molecule has 1 fully saturated rings. The molecule has 1 aromatic heterocycles. The fraction of sp³-hybridized carbons (Fsp3) is 0.533. The van der Waals surface area contributed by atoms with Gasteiger partial charge >= 0.3 is 0 Å². The van der Waals surface area contributed by atoms with Gasteiger partial charge in [-0.15, -0.1) is 0 Å². The van der Waals surface area contributed by atoms with Crippen molar-refractivity contribution in [3.8, 4) is 0 Å². The summed E-state index contributed by atoms with van der Waals surface area (Å²) in [6.45, 7) is 3.29. The first kappa shape index (κ1) is 12.6. The Morgan fingerprint density at radius 1 is 1.37 bits per heavy atom. The number of nitrogens with zero attached hydrogens (tertiary/aromatic N) is 2. The first-order chi connectivity index (χ1) is 9.31. The van der Waals surface area contributed by atoms with Crippen molar-refractivity contribution in [2.24, 2.45) is 0 Å². The maximum atomic E-state index is 5.33. The second kappa shape index (κ2) is 5.72. The van der Waals surface area contributed by atoms with Crippen molar-refractivity contribution in [2.45, 2.75) is 25.3 Å². The highest BCUT2D eigenvalue weighted by atomic mass is 16.3. The van der Waals surface area contributed by atoms with Crippen LogP contribution in [0.25, 0.3) is 11.1 Å². The highest BCUT2D eigenvalue weighted by molar-refractivity contribution is 5.72. The molecule has 1 saturated carbocycles. The predicted octanol–water partition coefficient (Wildman–Crippen LogP) is 2.05. The first-order valence-electron chi connectivity index (χ1n) is 7.05. The number of likely N-dealkylation sites (N-methyl/N-ethyl adjacent to an activating group) is 1. The van der Waals surface area contributed by atoms with Crippen LogP contribution in [0.1, 0.15) is 18.4 Å². The summed E-state index contributed by atoms with van der Waals surface area (Å²) in [6, 6.07) is 7.07. The van der Waals surface area contributed by atoms with Crippen LogP contribution in [0.3, 0.4) is 0 Å². The summed E-state index contributed by atoms with van der Waals surface area (Å²) in [5, 5.41) is 3.54. The van der Waals surface area contributed by atoms with E-state index >= 15 is 0 Å². The minimum atomic E-state index is 0.808. The van der Waals surface area contributed by atoms with E-state index in [0.29, 0.717) is 0 Å². The number of fused-ring (bicyclic) bond motifs is 1. The highest BCUT2D eigenvalue weighted by Gasteiger charge is 2.19. The number of oxazole rings is 1. The SMILES string of the molecule is CN(CCNC1CC1)CCc1ccc2ncoc2c1. The molecule has 19 heavy (non-hydrogen) atoms. The molecule has 0 saturated heterocycles. The van der Waals surface area contributed by atoms with Crippen molar-refractivity contribution in [3.05, 3.63) is 30.2 Å². The van der Waals surface area contributed by atoms with Gasteiger partial charge in [0.25, 0.3) is 0 Å². The molecule has 4 heteroatoms. The van der Waals surface area contributed by atoms with Crippen molar-refractivity contribution in [1.82, 2.24) is 15.2 Å². The Bertz CT molecular complexity index is 533. The first-order valence-corrected chi connectivity index (χ1v) is 7.05. The normalized spacial score (nSPS) is 15.5. The zero-order chi connectivity index (χ0) is 13.1. The van der Waals surface area contributed by atoms with Gasteiger partial charge in [0.1, 0.15) is 5.52 Å². The van der Waals surface area contributed by atoms with Crippen molar-refractivity contribution < 1.29 is 4.42 Å². The van der Waals surface area contributed by atoms with Gasteiger partial charge in [-0.2, -0.15) is 0 Å². The highest BCUT2D eigenvalue weighted by Crippen LogP contribution is 2.18. The maximum absolute atomic E-state index is 5.33. The Labute approximate surface area is 113 Å². The molecule has 102 valence electrons. The van der Waals surface area contributed by atoms with Crippen LogP contribution in [0.5, 0.6) is 0 Å². The molecule has 1 aliphatic rings. The summed E-state index contributed by atoms with van der Waals surface area (Å²) in [5.41, 5.74) is 3.13.